The second-order valence-electron chi connectivity index (χ2n) is 9.91. The average molecular weight is 555 g/mol. The van der Waals surface area contributed by atoms with Crippen molar-refractivity contribution in [2.45, 2.75) is 52.4 Å². The van der Waals surface area contributed by atoms with E-state index in [9.17, 15) is 28.2 Å². The zero-order chi connectivity index (χ0) is 27.9. The fraction of sp³-hybridized carbons (Fsp3) is 0.560. The Hall–Kier alpha value is -2.54. The van der Waals surface area contributed by atoms with E-state index in [0.717, 1.165) is 27.5 Å². The van der Waals surface area contributed by atoms with Gasteiger partial charge in [0, 0.05) is 19.0 Å². The van der Waals surface area contributed by atoms with Crippen LogP contribution >= 0.6 is 11.3 Å². The lowest BCUT2D eigenvalue weighted by molar-refractivity contribution is -0.135. The number of amides is 2. The molecule has 1 heterocycles. The van der Waals surface area contributed by atoms with Crippen molar-refractivity contribution in [2.75, 3.05) is 24.2 Å². The Labute approximate surface area is 223 Å². The van der Waals surface area contributed by atoms with Gasteiger partial charge in [-0.1, -0.05) is 58.0 Å². The van der Waals surface area contributed by atoms with E-state index in [1.54, 1.807) is 13.8 Å². The summed E-state index contributed by atoms with van der Waals surface area (Å²) in [6, 6.07) is 8.18. The van der Waals surface area contributed by atoms with Crippen molar-refractivity contribution in [3.05, 3.63) is 47.0 Å². The number of carbonyl (C=O) groups excluding carboxylic acids is 2. The molecule has 0 aliphatic rings. The topological polar surface area (TPSA) is 149 Å². The fourth-order valence-corrected chi connectivity index (χ4v) is 5.28. The highest BCUT2D eigenvalue weighted by atomic mass is 32.2. The number of aliphatic hydroxyl groups excluding tert-OH is 2. The van der Waals surface area contributed by atoms with E-state index < -0.39 is 40.1 Å². The second kappa shape index (κ2) is 13.3. The molecule has 0 saturated carbocycles. The fourth-order valence-electron chi connectivity index (χ4n) is 3.75. The lowest BCUT2D eigenvalue weighted by Crippen LogP contribution is -2.55. The number of rotatable bonds is 13. The molecule has 4 atom stereocenters. The lowest BCUT2D eigenvalue weighted by atomic mass is 9.83. The first kappa shape index (κ1) is 30.7. The lowest BCUT2D eigenvalue weighted by Gasteiger charge is -2.33. The minimum Gasteiger partial charge on any atom is -0.390 e. The average Bonchev–Trinajstić information content (AvgIpc) is 3.31. The molecule has 206 valence electrons. The molecule has 37 heavy (non-hydrogen) atoms. The molecule has 0 bridgehead atoms. The van der Waals surface area contributed by atoms with Crippen molar-refractivity contribution >= 4 is 38.3 Å². The third-order valence-electron chi connectivity index (χ3n) is 5.94. The molecule has 2 rings (SSSR count). The molecule has 1 aromatic heterocycles. The summed E-state index contributed by atoms with van der Waals surface area (Å²) in [5, 5.41) is 29.5. The van der Waals surface area contributed by atoms with Crippen LogP contribution in [0.3, 0.4) is 0 Å². The quantitative estimate of drug-likeness (QED) is 0.294. The number of nitrogens with one attached hydrogen (secondary N) is 2. The standard InChI is InChI=1S/C25H38N4O6S2/c1-15(2)13-26-24(33)20(16(3)4)22(31)21(30)18(12-17-10-8-7-9-11-17)27-23(32)19-14-36-25(28-19)29(5)37(6,34)35/h7-11,14-16,18,20-22,30-31H,12-13H2,1-6H3,(H,26,33)(H,27,32)/t18-,20+,21+,22+/m0/s1. The first-order valence-electron chi connectivity index (χ1n) is 12.1. The largest absolute Gasteiger partial charge is 0.390 e. The molecule has 4 N–H and O–H groups in total. The van der Waals surface area contributed by atoms with Gasteiger partial charge in [0.1, 0.15) is 11.8 Å². The van der Waals surface area contributed by atoms with Crippen LogP contribution in [0.15, 0.2) is 35.7 Å². The van der Waals surface area contributed by atoms with E-state index in [2.05, 4.69) is 15.6 Å². The van der Waals surface area contributed by atoms with Crippen molar-refractivity contribution in [3.8, 4) is 0 Å². The van der Waals surface area contributed by atoms with Crippen LogP contribution < -0.4 is 14.9 Å². The van der Waals surface area contributed by atoms with Gasteiger partial charge in [0.15, 0.2) is 5.13 Å². The summed E-state index contributed by atoms with van der Waals surface area (Å²) in [6.07, 6.45) is -1.71. The van der Waals surface area contributed by atoms with Crippen molar-refractivity contribution in [1.82, 2.24) is 15.6 Å². The maximum Gasteiger partial charge on any atom is 0.271 e. The van der Waals surface area contributed by atoms with Crippen LogP contribution in [-0.2, 0) is 21.2 Å². The maximum atomic E-state index is 13.1. The summed E-state index contributed by atoms with van der Waals surface area (Å²) in [7, 11) is -2.22. The summed E-state index contributed by atoms with van der Waals surface area (Å²) in [5.74, 6) is -1.97. The molecule has 0 radical (unpaired) electrons. The summed E-state index contributed by atoms with van der Waals surface area (Å²) in [6.45, 7) is 7.92. The Balaban J connectivity index is 2.30. The number of hydrogen-bond acceptors (Lipinski definition) is 8. The highest BCUT2D eigenvalue weighted by Gasteiger charge is 2.38. The van der Waals surface area contributed by atoms with Crippen LogP contribution in [0.2, 0.25) is 0 Å². The molecule has 0 unspecified atom stereocenters. The van der Waals surface area contributed by atoms with Crippen molar-refractivity contribution in [3.63, 3.8) is 0 Å². The molecule has 0 aliphatic carbocycles. The normalized spacial score (nSPS) is 15.2. The first-order chi connectivity index (χ1) is 17.2. The van der Waals surface area contributed by atoms with E-state index in [0.29, 0.717) is 6.54 Å². The zero-order valence-electron chi connectivity index (χ0n) is 22.1. The summed E-state index contributed by atoms with van der Waals surface area (Å²) < 4.78 is 24.6. The number of hydrogen-bond donors (Lipinski definition) is 4. The molecular weight excluding hydrogens is 516 g/mol. The van der Waals surface area contributed by atoms with Crippen LogP contribution in [0.1, 0.15) is 43.7 Å². The Kier molecular flexibility index (Phi) is 11.0. The number of aromatic nitrogens is 1. The monoisotopic (exact) mass is 554 g/mol. The molecule has 0 spiro atoms. The van der Waals surface area contributed by atoms with E-state index >= 15 is 0 Å². The number of thiazole rings is 1. The van der Waals surface area contributed by atoms with Crippen molar-refractivity contribution in [1.29, 1.82) is 0 Å². The molecule has 0 aliphatic heterocycles. The summed E-state index contributed by atoms with van der Waals surface area (Å²) in [4.78, 5) is 30.1. The van der Waals surface area contributed by atoms with Crippen LogP contribution in [0, 0.1) is 17.8 Å². The van der Waals surface area contributed by atoms with E-state index in [1.165, 1.54) is 12.4 Å². The Bertz CT molecular complexity index is 1140. The molecule has 0 fully saturated rings. The maximum absolute atomic E-state index is 13.1. The molecule has 12 heteroatoms. The van der Waals surface area contributed by atoms with Gasteiger partial charge in [-0.05, 0) is 23.8 Å². The van der Waals surface area contributed by atoms with Gasteiger partial charge < -0.3 is 20.8 Å². The molecule has 10 nitrogen and oxygen atoms in total. The summed E-state index contributed by atoms with van der Waals surface area (Å²) in [5.41, 5.74) is 0.783. The zero-order valence-corrected chi connectivity index (χ0v) is 23.7. The van der Waals surface area contributed by atoms with Crippen molar-refractivity contribution < 1.29 is 28.2 Å². The Morgan fingerprint density at radius 2 is 1.70 bits per heavy atom. The predicted octanol–water partition coefficient (Wildman–Crippen LogP) is 1.65. The molecule has 2 amide bonds. The van der Waals surface area contributed by atoms with Crippen LogP contribution in [-0.4, -0.2) is 73.5 Å². The summed E-state index contributed by atoms with van der Waals surface area (Å²) >= 11 is 0.989. The van der Waals surface area contributed by atoms with Crippen LogP contribution in [0.25, 0.3) is 0 Å². The minimum atomic E-state index is -3.55. The minimum absolute atomic E-state index is 0.0228. The number of aliphatic hydroxyl groups is 2. The van der Waals surface area contributed by atoms with E-state index in [1.807, 2.05) is 44.2 Å². The molecule has 0 saturated heterocycles. The highest BCUT2D eigenvalue weighted by molar-refractivity contribution is 7.92. The van der Waals surface area contributed by atoms with Crippen LogP contribution in [0.4, 0.5) is 5.13 Å². The van der Waals surface area contributed by atoms with Gasteiger partial charge in [-0.3, -0.25) is 9.59 Å². The Morgan fingerprint density at radius 3 is 2.24 bits per heavy atom. The number of anilines is 1. The first-order valence-corrected chi connectivity index (χ1v) is 14.8. The third kappa shape index (κ3) is 8.77. The van der Waals surface area contributed by atoms with E-state index in [-0.39, 0.29) is 35.0 Å². The number of benzene rings is 1. The van der Waals surface area contributed by atoms with Gasteiger partial charge in [0.2, 0.25) is 15.9 Å². The Morgan fingerprint density at radius 1 is 1.08 bits per heavy atom. The number of sulfonamides is 1. The second-order valence-corrected chi connectivity index (χ2v) is 12.8. The van der Waals surface area contributed by atoms with Crippen LogP contribution in [0.5, 0.6) is 0 Å². The van der Waals surface area contributed by atoms with Gasteiger partial charge in [-0.15, -0.1) is 11.3 Å². The molecule has 1 aromatic carbocycles. The van der Waals surface area contributed by atoms with Gasteiger partial charge in [-0.2, -0.15) is 0 Å². The van der Waals surface area contributed by atoms with Crippen molar-refractivity contribution in [2.24, 2.45) is 17.8 Å². The third-order valence-corrected chi connectivity index (χ3v) is 8.14. The van der Waals surface area contributed by atoms with Gasteiger partial charge >= 0.3 is 0 Å². The smallest absolute Gasteiger partial charge is 0.271 e. The van der Waals surface area contributed by atoms with E-state index in [4.69, 9.17) is 0 Å². The number of carbonyl (C=O) groups is 2. The van der Waals surface area contributed by atoms with Gasteiger partial charge in [0.25, 0.3) is 5.91 Å². The number of nitrogens with zero attached hydrogens (tertiary/aromatic N) is 2. The van der Waals surface area contributed by atoms with Gasteiger partial charge in [0.05, 0.1) is 24.3 Å². The molecule has 2 aromatic rings. The highest BCUT2D eigenvalue weighted by Crippen LogP contribution is 2.24. The molecular formula is C25H38N4O6S2. The predicted molar refractivity (Wildman–Crippen MR) is 145 cm³/mol. The van der Waals surface area contributed by atoms with Gasteiger partial charge in [-0.25, -0.2) is 17.7 Å². The SMILES string of the molecule is CC(C)CNC(=O)[C@H](C(C)C)[C@@H](O)[C@H](O)[C@H](Cc1ccccc1)NC(=O)c1csc(N(C)S(C)(=O)=O)n1.